The SMILES string of the molecule is CCOc1c(OC)cc(/C=N\NC(=O)Cc2ccc(Cl)cc2)cc1[N+](=O)[O-]. The van der Waals surface area contributed by atoms with Gasteiger partial charge in [-0.15, -0.1) is 0 Å². The first-order valence-electron chi connectivity index (χ1n) is 8.00. The average Bonchev–Trinajstić information content (AvgIpc) is 2.64. The number of carbonyl (C=O) groups is 1. The van der Waals surface area contributed by atoms with E-state index in [0.29, 0.717) is 10.6 Å². The molecular weight excluding hydrogens is 374 g/mol. The molecule has 0 radical (unpaired) electrons. The summed E-state index contributed by atoms with van der Waals surface area (Å²) in [4.78, 5) is 22.6. The molecule has 1 N–H and O–H groups in total. The summed E-state index contributed by atoms with van der Waals surface area (Å²) in [7, 11) is 1.39. The zero-order valence-electron chi connectivity index (χ0n) is 14.8. The van der Waals surface area contributed by atoms with E-state index >= 15 is 0 Å². The minimum absolute atomic E-state index is 0.0499. The lowest BCUT2D eigenvalue weighted by Gasteiger charge is -2.10. The molecule has 2 aromatic rings. The largest absolute Gasteiger partial charge is 0.493 e. The molecule has 0 atom stereocenters. The predicted octanol–water partition coefficient (Wildman–Crippen LogP) is 3.35. The van der Waals surface area contributed by atoms with Crippen molar-refractivity contribution in [3.8, 4) is 11.5 Å². The molecule has 0 aliphatic carbocycles. The standard InChI is InChI=1S/C18H18ClN3O5/c1-3-27-18-15(22(24)25)8-13(9-16(18)26-2)11-20-21-17(23)10-12-4-6-14(19)7-5-12/h4-9,11H,3,10H2,1-2H3,(H,21,23)/b20-11-. The Balaban J connectivity index is 2.11. The minimum Gasteiger partial charge on any atom is -0.493 e. The first kappa shape index (κ1) is 20.2. The molecule has 8 nitrogen and oxygen atoms in total. The monoisotopic (exact) mass is 391 g/mol. The van der Waals surface area contributed by atoms with Crippen LogP contribution in [0.5, 0.6) is 11.5 Å². The Hall–Kier alpha value is -3.13. The molecule has 27 heavy (non-hydrogen) atoms. The van der Waals surface area contributed by atoms with Crippen LogP contribution in [0.2, 0.25) is 5.02 Å². The number of rotatable bonds is 8. The molecule has 0 spiro atoms. The van der Waals surface area contributed by atoms with E-state index in [1.165, 1.54) is 25.5 Å². The Morgan fingerprint density at radius 1 is 1.33 bits per heavy atom. The van der Waals surface area contributed by atoms with E-state index in [0.717, 1.165) is 5.56 Å². The molecule has 0 saturated carbocycles. The molecule has 0 saturated heterocycles. The summed E-state index contributed by atoms with van der Waals surface area (Å²) in [5, 5.41) is 15.7. The van der Waals surface area contributed by atoms with Crippen molar-refractivity contribution in [2.24, 2.45) is 5.10 Å². The van der Waals surface area contributed by atoms with Crippen LogP contribution >= 0.6 is 11.6 Å². The second kappa shape index (κ2) is 9.54. The Bertz CT molecular complexity index is 853. The molecule has 0 bridgehead atoms. The van der Waals surface area contributed by atoms with Gasteiger partial charge in [0, 0.05) is 16.7 Å². The van der Waals surface area contributed by atoms with Crippen LogP contribution in [0.4, 0.5) is 5.69 Å². The van der Waals surface area contributed by atoms with Crippen molar-refractivity contribution in [2.75, 3.05) is 13.7 Å². The van der Waals surface area contributed by atoms with Crippen LogP contribution in [-0.4, -0.2) is 30.8 Å². The molecule has 9 heteroatoms. The number of halogens is 1. The van der Waals surface area contributed by atoms with Crippen molar-refractivity contribution in [2.45, 2.75) is 13.3 Å². The van der Waals surface area contributed by atoms with Crippen molar-refractivity contribution in [1.82, 2.24) is 5.43 Å². The summed E-state index contributed by atoms with van der Waals surface area (Å²) in [5.74, 6) is -0.0742. The number of nitro groups is 1. The number of hydrazone groups is 1. The highest BCUT2D eigenvalue weighted by molar-refractivity contribution is 6.30. The smallest absolute Gasteiger partial charge is 0.315 e. The number of hydrogen-bond acceptors (Lipinski definition) is 6. The molecule has 2 rings (SSSR count). The van der Waals surface area contributed by atoms with Crippen LogP contribution in [0, 0.1) is 10.1 Å². The van der Waals surface area contributed by atoms with Crippen LogP contribution in [0.1, 0.15) is 18.1 Å². The van der Waals surface area contributed by atoms with Gasteiger partial charge in [-0.05, 0) is 30.7 Å². The van der Waals surface area contributed by atoms with E-state index in [1.54, 1.807) is 31.2 Å². The average molecular weight is 392 g/mol. The highest BCUT2D eigenvalue weighted by Crippen LogP contribution is 2.37. The summed E-state index contributed by atoms with van der Waals surface area (Å²) < 4.78 is 10.5. The second-order valence-corrected chi connectivity index (χ2v) is 5.79. The van der Waals surface area contributed by atoms with Gasteiger partial charge < -0.3 is 9.47 Å². The Morgan fingerprint density at radius 2 is 2.04 bits per heavy atom. The second-order valence-electron chi connectivity index (χ2n) is 5.36. The van der Waals surface area contributed by atoms with Gasteiger partial charge in [-0.2, -0.15) is 5.10 Å². The van der Waals surface area contributed by atoms with Crippen molar-refractivity contribution < 1.29 is 19.2 Å². The van der Waals surface area contributed by atoms with Crippen LogP contribution in [0.3, 0.4) is 0 Å². The number of hydrogen-bond donors (Lipinski definition) is 1. The van der Waals surface area contributed by atoms with Gasteiger partial charge in [0.15, 0.2) is 5.75 Å². The van der Waals surface area contributed by atoms with E-state index in [-0.39, 0.29) is 36.1 Å². The van der Waals surface area contributed by atoms with Gasteiger partial charge in [0.25, 0.3) is 0 Å². The van der Waals surface area contributed by atoms with E-state index in [2.05, 4.69) is 10.5 Å². The Labute approximate surface area is 160 Å². The van der Waals surface area contributed by atoms with E-state index in [1.807, 2.05) is 0 Å². The number of nitrogens with zero attached hydrogens (tertiary/aromatic N) is 2. The van der Waals surface area contributed by atoms with Crippen LogP contribution in [0.25, 0.3) is 0 Å². The summed E-state index contributed by atoms with van der Waals surface area (Å²) in [6.07, 6.45) is 1.42. The maximum Gasteiger partial charge on any atom is 0.315 e. The third-order valence-corrected chi connectivity index (χ3v) is 3.70. The highest BCUT2D eigenvalue weighted by atomic mass is 35.5. The normalized spacial score (nSPS) is 10.6. The van der Waals surface area contributed by atoms with E-state index < -0.39 is 4.92 Å². The number of methoxy groups -OCH3 is 1. The van der Waals surface area contributed by atoms with Crippen molar-refractivity contribution >= 4 is 29.4 Å². The fourth-order valence-corrected chi connectivity index (χ4v) is 2.39. The zero-order valence-corrected chi connectivity index (χ0v) is 15.5. The molecule has 142 valence electrons. The molecular formula is C18H18ClN3O5. The number of nitrogens with one attached hydrogen (secondary N) is 1. The third-order valence-electron chi connectivity index (χ3n) is 3.44. The number of nitro benzene ring substituents is 1. The van der Waals surface area contributed by atoms with Crippen LogP contribution < -0.4 is 14.9 Å². The maximum absolute atomic E-state index is 11.9. The van der Waals surface area contributed by atoms with Crippen molar-refractivity contribution in [3.63, 3.8) is 0 Å². The Morgan fingerprint density at radius 3 is 2.63 bits per heavy atom. The van der Waals surface area contributed by atoms with Gasteiger partial charge in [-0.1, -0.05) is 23.7 Å². The van der Waals surface area contributed by atoms with Gasteiger partial charge in [0.05, 0.1) is 31.3 Å². The summed E-state index contributed by atoms with van der Waals surface area (Å²) in [6.45, 7) is 1.97. The van der Waals surface area contributed by atoms with Crippen molar-refractivity contribution in [1.29, 1.82) is 0 Å². The zero-order chi connectivity index (χ0) is 19.8. The lowest BCUT2D eigenvalue weighted by molar-refractivity contribution is -0.385. The predicted molar refractivity (Wildman–Crippen MR) is 102 cm³/mol. The quantitative estimate of drug-likeness (QED) is 0.422. The van der Waals surface area contributed by atoms with Crippen LogP contribution in [0.15, 0.2) is 41.5 Å². The Kier molecular flexibility index (Phi) is 7.13. The first-order chi connectivity index (χ1) is 12.9. The molecule has 0 fully saturated rings. The fraction of sp³-hybridized carbons (Fsp3) is 0.222. The number of amides is 1. The van der Waals surface area contributed by atoms with Gasteiger partial charge in [-0.3, -0.25) is 14.9 Å². The minimum atomic E-state index is -0.566. The summed E-state index contributed by atoms with van der Waals surface area (Å²) in [6, 6.07) is 9.70. The van der Waals surface area contributed by atoms with Crippen molar-refractivity contribution in [3.05, 3.63) is 62.7 Å². The molecule has 0 unspecified atom stereocenters. The number of ether oxygens (including phenoxy) is 2. The molecule has 1 amide bonds. The van der Waals surface area contributed by atoms with E-state index in [4.69, 9.17) is 21.1 Å². The van der Waals surface area contributed by atoms with Crippen LogP contribution in [-0.2, 0) is 11.2 Å². The van der Waals surface area contributed by atoms with E-state index in [9.17, 15) is 14.9 Å². The maximum atomic E-state index is 11.9. The molecule has 0 aliphatic heterocycles. The van der Waals surface area contributed by atoms with Gasteiger partial charge in [-0.25, -0.2) is 5.43 Å². The fourth-order valence-electron chi connectivity index (χ4n) is 2.27. The summed E-state index contributed by atoms with van der Waals surface area (Å²) >= 11 is 5.80. The molecule has 0 aromatic heterocycles. The molecule has 0 aliphatic rings. The molecule has 2 aromatic carbocycles. The topological polar surface area (TPSA) is 103 Å². The number of benzene rings is 2. The summed E-state index contributed by atoms with van der Waals surface area (Å²) in [5.41, 5.74) is 3.30. The highest BCUT2D eigenvalue weighted by Gasteiger charge is 2.21. The first-order valence-corrected chi connectivity index (χ1v) is 8.38. The molecule has 0 heterocycles. The van der Waals surface area contributed by atoms with Gasteiger partial charge in [0.2, 0.25) is 11.7 Å². The third kappa shape index (κ3) is 5.68. The lowest BCUT2D eigenvalue weighted by atomic mass is 10.1. The lowest BCUT2D eigenvalue weighted by Crippen LogP contribution is -2.19. The van der Waals surface area contributed by atoms with Gasteiger partial charge >= 0.3 is 5.69 Å². The number of carbonyl (C=O) groups excluding carboxylic acids is 1. The van der Waals surface area contributed by atoms with Gasteiger partial charge in [0.1, 0.15) is 0 Å².